The van der Waals surface area contributed by atoms with Gasteiger partial charge in [-0.3, -0.25) is 4.79 Å². The summed E-state index contributed by atoms with van der Waals surface area (Å²) >= 11 is 3.48. The van der Waals surface area contributed by atoms with Crippen molar-refractivity contribution >= 4 is 21.8 Å². The first-order valence-corrected chi connectivity index (χ1v) is 6.99. The Labute approximate surface area is 122 Å². The standard InChI is InChI=1S/C14H20BrNO3/c1-16(9-12(15)10-18-2)14(17)8-11-6-4-5-7-13(11)19-3/h4-7,12H,8-10H2,1-3H3. The molecule has 0 aliphatic carbocycles. The number of methoxy groups -OCH3 is 2. The number of likely N-dealkylation sites (N-methyl/N-ethyl adjacent to an activating group) is 1. The molecule has 1 aromatic carbocycles. The Hall–Kier alpha value is -1.07. The van der Waals surface area contributed by atoms with E-state index >= 15 is 0 Å². The van der Waals surface area contributed by atoms with Crippen molar-refractivity contribution in [2.24, 2.45) is 0 Å². The molecule has 0 aliphatic heterocycles. The zero-order valence-corrected chi connectivity index (χ0v) is 13.1. The van der Waals surface area contributed by atoms with Gasteiger partial charge in [0.25, 0.3) is 0 Å². The summed E-state index contributed by atoms with van der Waals surface area (Å²) in [6.07, 6.45) is 0.340. The third-order valence-electron chi connectivity index (χ3n) is 2.78. The molecule has 0 N–H and O–H groups in total. The molecule has 5 heteroatoms. The minimum absolute atomic E-state index is 0.0602. The predicted molar refractivity (Wildman–Crippen MR) is 78.9 cm³/mol. The van der Waals surface area contributed by atoms with Crippen LogP contribution >= 0.6 is 15.9 Å². The highest BCUT2D eigenvalue weighted by Crippen LogP contribution is 2.18. The van der Waals surface area contributed by atoms with E-state index < -0.39 is 0 Å². The molecule has 19 heavy (non-hydrogen) atoms. The van der Waals surface area contributed by atoms with Crippen LogP contribution in [0.4, 0.5) is 0 Å². The Bertz CT molecular complexity index is 411. The van der Waals surface area contributed by atoms with Gasteiger partial charge in [-0.1, -0.05) is 34.1 Å². The SMILES string of the molecule is COCC(Br)CN(C)C(=O)Cc1ccccc1OC. The first-order chi connectivity index (χ1) is 9.08. The largest absolute Gasteiger partial charge is 0.496 e. The Morgan fingerprint density at radius 1 is 1.37 bits per heavy atom. The first-order valence-electron chi connectivity index (χ1n) is 6.07. The lowest BCUT2D eigenvalue weighted by Gasteiger charge is -2.20. The quantitative estimate of drug-likeness (QED) is 0.719. The molecule has 0 saturated heterocycles. The van der Waals surface area contributed by atoms with Crippen LogP contribution in [0.1, 0.15) is 5.56 Å². The van der Waals surface area contributed by atoms with Crippen LogP contribution < -0.4 is 4.74 Å². The summed E-state index contributed by atoms with van der Waals surface area (Å²) in [6, 6.07) is 7.57. The molecule has 4 nitrogen and oxygen atoms in total. The Balaban J connectivity index is 2.58. The topological polar surface area (TPSA) is 38.8 Å². The minimum atomic E-state index is 0.0602. The number of para-hydroxylation sites is 1. The molecular weight excluding hydrogens is 310 g/mol. The second-order valence-corrected chi connectivity index (χ2v) is 5.61. The fraction of sp³-hybridized carbons (Fsp3) is 0.500. The summed E-state index contributed by atoms with van der Waals surface area (Å²) in [5.41, 5.74) is 0.903. The highest BCUT2D eigenvalue weighted by atomic mass is 79.9. The van der Waals surface area contributed by atoms with Gasteiger partial charge in [0.15, 0.2) is 0 Å². The second kappa shape index (κ2) is 8.17. The van der Waals surface area contributed by atoms with Crippen molar-refractivity contribution in [2.45, 2.75) is 11.2 Å². The maximum atomic E-state index is 12.1. The van der Waals surface area contributed by atoms with Gasteiger partial charge in [-0.15, -0.1) is 0 Å². The molecule has 0 bridgehead atoms. The van der Waals surface area contributed by atoms with Crippen molar-refractivity contribution in [3.8, 4) is 5.75 Å². The molecule has 0 fully saturated rings. The molecule has 1 aromatic rings. The average Bonchev–Trinajstić information content (AvgIpc) is 2.39. The van der Waals surface area contributed by atoms with Gasteiger partial charge in [0.1, 0.15) is 5.75 Å². The average molecular weight is 330 g/mol. The van der Waals surface area contributed by atoms with E-state index in [1.165, 1.54) is 0 Å². The summed E-state index contributed by atoms with van der Waals surface area (Å²) in [6.45, 7) is 1.19. The summed E-state index contributed by atoms with van der Waals surface area (Å²) in [5.74, 6) is 0.807. The number of halogens is 1. The number of benzene rings is 1. The third-order valence-corrected chi connectivity index (χ3v) is 3.33. The lowest BCUT2D eigenvalue weighted by Crippen LogP contribution is -2.34. The summed E-state index contributed by atoms with van der Waals surface area (Å²) in [4.78, 5) is 14.0. The zero-order chi connectivity index (χ0) is 14.3. The maximum Gasteiger partial charge on any atom is 0.226 e. The van der Waals surface area contributed by atoms with Crippen molar-refractivity contribution in [3.05, 3.63) is 29.8 Å². The maximum absolute atomic E-state index is 12.1. The molecule has 1 rings (SSSR count). The van der Waals surface area contributed by atoms with Gasteiger partial charge >= 0.3 is 0 Å². The van der Waals surface area contributed by atoms with Crippen LogP contribution in [0.25, 0.3) is 0 Å². The molecule has 0 aliphatic rings. The first kappa shape index (κ1) is 16.0. The van der Waals surface area contributed by atoms with Crippen molar-refractivity contribution in [2.75, 3.05) is 34.4 Å². The zero-order valence-electron chi connectivity index (χ0n) is 11.6. The molecule has 1 amide bonds. The van der Waals surface area contributed by atoms with Crippen molar-refractivity contribution in [1.29, 1.82) is 0 Å². The van der Waals surface area contributed by atoms with E-state index in [2.05, 4.69) is 15.9 Å². The molecule has 0 spiro atoms. The molecule has 106 valence electrons. The van der Waals surface area contributed by atoms with Gasteiger partial charge in [-0.2, -0.15) is 0 Å². The van der Waals surface area contributed by atoms with E-state index in [4.69, 9.17) is 9.47 Å². The monoisotopic (exact) mass is 329 g/mol. The van der Waals surface area contributed by atoms with Crippen molar-refractivity contribution < 1.29 is 14.3 Å². The summed E-state index contributed by atoms with van der Waals surface area (Å²) in [5, 5.41) is 0. The summed E-state index contributed by atoms with van der Waals surface area (Å²) < 4.78 is 10.3. The van der Waals surface area contributed by atoms with Crippen LogP contribution in [-0.2, 0) is 16.0 Å². The van der Waals surface area contributed by atoms with Crippen LogP contribution in [0, 0.1) is 0 Å². The number of alkyl halides is 1. The van der Waals surface area contributed by atoms with Crippen LogP contribution in [0.3, 0.4) is 0 Å². The number of hydrogen-bond donors (Lipinski definition) is 0. The van der Waals surface area contributed by atoms with Gasteiger partial charge in [0.2, 0.25) is 5.91 Å². The Morgan fingerprint density at radius 2 is 2.05 bits per heavy atom. The predicted octanol–water partition coefficient (Wildman–Crippen LogP) is 2.11. The number of ether oxygens (including phenoxy) is 2. The van der Waals surface area contributed by atoms with Crippen LogP contribution in [0.5, 0.6) is 5.75 Å². The molecule has 1 atom stereocenters. The molecule has 0 radical (unpaired) electrons. The fourth-order valence-electron chi connectivity index (χ4n) is 1.78. The van der Waals surface area contributed by atoms with E-state index in [1.807, 2.05) is 24.3 Å². The van der Waals surface area contributed by atoms with E-state index in [0.29, 0.717) is 19.6 Å². The Kier molecular flexibility index (Phi) is 6.87. The van der Waals surface area contributed by atoms with Crippen LogP contribution in [0.2, 0.25) is 0 Å². The highest BCUT2D eigenvalue weighted by molar-refractivity contribution is 9.09. The van der Waals surface area contributed by atoms with Crippen molar-refractivity contribution in [3.63, 3.8) is 0 Å². The van der Waals surface area contributed by atoms with E-state index in [0.717, 1.165) is 11.3 Å². The van der Waals surface area contributed by atoms with Crippen LogP contribution in [0.15, 0.2) is 24.3 Å². The van der Waals surface area contributed by atoms with Gasteiger partial charge in [0.05, 0.1) is 25.0 Å². The van der Waals surface area contributed by atoms with E-state index in [9.17, 15) is 4.79 Å². The Morgan fingerprint density at radius 3 is 2.68 bits per heavy atom. The number of carbonyl (C=O) groups excluding carboxylic acids is 1. The van der Waals surface area contributed by atoms with E-state index in [-0.39, 0.29) is 10.7 Å². The number of carbonyl (C=O) groups is 1. The normalized spacial score (nSPS) is 12.0. The highest BCUT2D eigenvalue weighted by Gasteiger charge is 2.15. The second-order valence-electron chi connectivity index (χ2n) is 4.32. The van der Waals surface area contributed by atoms with Crippen molar-refractivity contribution in [1.82, 2.24) is 4.90 Å². The fourth-order valence-corrected chi connectivity index (χ4v) is 2.48. The number of rotatable bonds is 7. The van der Waals surface area contributed by atoms with Gasteiger partial charge in [0, 0.05) is 26.3 Å². The third kappa shape index (κ3) is 5.20. The molecule has 0 heterocycles. The molecule has 0 aromatic heterocycles. The molecular formula is C14H20BrNO3. The number of hydrogen-bond acceptors (Lipinski definition) is 3. The molecule has 1 unspecified atom stereocenters. The lowest BCUT2D eigenvalue weighted by molar-refractivity contribution is -0.129. The minimum Gasteiger partial charge on any atom is -0.496 e. The van der Waals surface area contributed by atoms with Gasteiger partial charge < -0.3 is 14.4 Å². The van der Waals surface area contributed by atoms with Crippen LogP contribution in [-0.4, -0.2) is 50.1 Å². The molecule has 0 saturated carbocycles. The summed E-state index contributed by atoms with van der Waals surface area (Å²) in [7, 11) is 5.05. The number of nitrogens with zero attached hydrogens (tertiary/aromatic N) is 1. The van der Waals surface area contributed by atoms with Gasteiger partial charge in [-0.25, -0.2) is 0 Å². The lowest BCUT2D eigenvalue weighted by atomic mass is 10.1. The smallest absolute Gasteiger partial charge is 0.226 e. The number of amides is 1. The van der Waals surface area contributed by atoms with E-state index in [1.54, 1.807) is 26.2 Å². The van der Waals surface area contributed by atoms with Gasteiger partial charge in [-0.05, 0) is 6.07 Å².